The molecule has 1 heterocycles. The lowest BCUT2D eigenvalue weighted by atomic mass is 10.4. The second kappa shape index (κ2) is 3.39. The molecular weight excluding hydrogens is 128 g/mol. The molecule has 0 radical (unpaired) electrons. The number of methoxy groups -OCH3 is 1. The SMILES string of the molecule is COCn1ccc(CN)c1. The number of hydrogen-bond donors (Lipinski definition) is 1. The first kappa shape index (κ1) is 7.31. The van der Waals surface area contributed by atoms with E-state index in [4.69, 9.17) is 10.5 Å². The van der Waals surface area contributed by atoms with Crippen molar-refractivity contribution in [2.24, 2.45) is 5.73 Å². The van der Waals surface area contributed by atoms with Gasteiger partial charge < -0.3 is 15.0 Å². The van der Waals surface area contributed by atoms with Crippen LogP contribution >= 0.6 is 0 Å². The second-order valence-corrected chi connectivity index (χ2v) is 2.16. The molecule has 3 nitrogen and oxygen atoms in total. The number of nitrogens with two attached hydrogens (primary N) is 1. The molecule has 0 aliphatic rings. The number of aromatic nitrogens is 1. The smallest absolute Gasteiger partial charge is 0.121 e. The largest absolute Gasteiger partial charge is 0.364 e. The Labute approximate surface area is 60.4 Å². The van der Waals surface area contributed by atoms with E-state index in [0.29, 0.717) is 13.3 Å². The van der Waals surface area contributed by atoms with E-state index in [1.165, 1.54) is 0 Å². The van der Waals surface area contributed by atoms with E-state index >= 15 is 0 Å². The van der Waals surface area contributed by atoms with Gasteiger partial charge in [0, 0.05) is 26.0 Å². The lowest BCUT2D eigenvalue weighted by Gasteiger charge is -1.97. The summed E-state index contributed by atoms with van der Waals surface area (Å²) in [5, 5.41) is 0. The van der Waals surface area contributed by atoms with Gasteiger partial charge >= 0.3 is 0 Å². The summed E-state index contributed by atoms with van der Waals surface area (Å²) in [7, 11) is 1.67. The maximum atomic E-state index is 5.41. The summed E-state index contributed by atoms with van der Waals surface area (Å²) in [6, 6.07) is 1.99. The topological polar surface area (TPSA) is 40.2 Å². The molecule has 56 valence electrons. The molecule has 0 aliphatic carbocycles. The normalized spacial score (nSPS) is 10.2. The Hall–Kier alpha value is -0.800. The zero-order valence-electron chi connectivity index (χ0n) is 6.08. The summed E-state index contributed by atoms with van der Waals surface area (Å²) in [6.07, 6.45) is 3.93. The van der Waals surface area contributed by atoms with Crippen LogP contribution in [0.5, 0.6) is 0 Å². The Morgan fingerprint density at radius 2 is 2.50 bits per heavy atom. The van der Waals surface area contributed by atoms with Gasteiger partial charge in [0.2, 0.25) is 0 Å². The molecule has 0 fully saturated rings. The molecule has 3 heteroatoms. The summed E-state index contributed by atoms with van der Waals surface area (Å²) in [5.41, 5.74) is 6.54. The van der Waals surface area contributed by atoms with Crippen molar-refractivity contribution in [1.29, 1.82) is 0 Å². The molecule has 1 rings (SSSR count). The summed E-state index contributed by atoms with van der Waals surface area (Å²) in [4.78, 5) is 0. The summed E-state index contributed by atoms with van der Waals surface area (Å²) < 4.78 is 6.85. The maximum Gasteiger partial charge on any atom is 0.121 e. The minimum atomic E-state index is 0.594. The molecule has 0 atom stereocenters. The lowest BCUT2D eigenvalue weighted by molar-refractivity contribution is 0.131. The zero-order valence-corrected chi connectivity index (χ0v) is 6.08. The van der Waals surface area contributed by atoms with E-state index in [2.05, 4.69) is 0 Å². The molecule has 0 spiro atoms. The number of hydrogen-bond acceptors (Lipinski definition) is 2. The van der Waals surface area contributed by atoms with Crippen molar-refractivity contribution in [3.63, 3.8) is 0 Å². The Morgan fingerprint density at radius 3 is 3.00 bits per heavy atom. The van der Waals surface area contributed by atoms with E-state index in [9.17, 15) is 0 Å². The minimum Gasteiger partial charge on any atom is -0.364 e. The number of nitrogens with zero attached hydrogens (tertiary/aromatic N) is 1. The molecule has 1 aromatic heterocycles. The van der Waals surface area contributed by atoms with Crippen LogP contribution in [0.1, 0.15) is 5.56 Å². The first-order valence-electron chi connectivity index (χ1n) is 3.20. The third-order valence-electron chi connectivity index (χ3n) is 1.33. The van der Waals surface area contributed by atoms with Crippen molar-refractivity contribution in [2.75, 3.05) is 7.11 Å². The Balaban J connectivity index is 2.59. The first-order chi connectivity index (χ1) is 4.86. The van der Waals surface area contributed by atoms with Crippen molar-refractivity contribution in [2.45, 2.75) is 13.3 Å². The van der Waals surface area contributed by atoms with Crippen molar-refractivity contribution in [3.8, 4) is 0 Å². The fraction of sp³-hybridized carbons (Fsp3) is 0.429. The van der Waals surface area contributed by atoms with Gasteiger partial charge in [-0.05, 0) is 11.6 Å². The van der Waals surface area contributed by atoms with Crippen molar-refractivity contribution in [1.82, 2.24) is 4.57 Å². The van der Waals surface area contributed by atoms with Gasteiger partial charge in [-0.1, -0.05) is 0 Å². The van der Waals surface area contributed by atoms with Crippen LogP contribution in [0.2, 0.25) is 0 Å². The Kier molecular flexibility index (Phi) is 2.48. The molecule has 0 saturated heterocycles. The van der Waals surface area contributed by atoms with Gasteiger partial charge in [-0.2, -0.15) is 0 Å². The minimum absolute atomic E-state index is 0.594. The highest BCUT2D eigenvalue weighted by atomic mass is 16.5. The van der Waals surface area contributed by atoms with Crippen LogP contribution in [0.3, 0.4) is 0 Å². The van der Waals surface area contributed by atoms with Crippen LogP contribution in [0.25, 0.3) is 0 Å². The second-order valence-electron chi connectivity index (χ2n) is 2.16. The van der Waals surface area contributed by atoms with Crippen LogP contribution < -0.4 is 5.73 Å². The monoisotopic (exact) mass is 140 g/mol. The van der Waals surface area contributed by atoms with Crippen LogP contribution in [0, 0.1) is 0 Å². The Morgan fingerprint density at radius 1 is 1.70 bits per heavy atom. The highest BCUT2D eigenvalue weighted by Crippen LogP contribution is 1.98. The number of rotatable bonds is 3. The van der Waals surface area contributed by atoms with Crippen LogP contribution in [0.15, 0.2) is 18.5 Å². The van der Waals surface area contributed by atoms with Crippen molar-refractivity contribution < 1.29 is 4.74 Å². The molecule has 0 bridgehead atoms. The van der Waals surface area contributed by atoms with Gasteiger partial charge in [0.25, 0.3) is 0 Å². The molecule has 0 aliphatic heterocycles. The highest BCUT2D eigenvalue weighted by Gasteiger charge is 1.91. The average Bonchev–Trinajstić information content (AvgIpc) is 2.37. The predicted octanol–water partition coefficient (Wildman–Crippen LogP) is 0.551. The van der Waals surface area contributed by atoms with Gasteiger partial charge in [-0.15, -0.1) is 0 Å². The van der Waals surface area contributed by atoms with Gasteiger partial charge in [0.1, 0.15) is 6.73 Å². The third-order valence-corrected chi connectivity index (χ3v) is 1.33. The van der Waals surface area contributed by atoms with E-state index < -0.39 is 0 Å². The highest BCUT2D eigenvalue weighted by molar-refractivity contribution is 5.08. The standard InChI is InChI=1S/C7H12N2O/c1-10-6-9-3-2-7(4-8)5-9/h2-3,5H,4,6,8H2,1H3. The first-order valence-corrected chi connectivity index (χ1v) is 3.20. The Bertz CT molecular complexity index is 195. The van der Waals surface area contributed by atoms with Gasteiger partial charge in [0.15, 0.2) is 0 Å². The molecule has 1 aromatic rings. The van der Waals surface area contributed by atoms with E-state index in [1.807, 2.05) is 23.0 Å². The third kappa shape index (κ3) is 1.59. The van der Waals surface area contributed by atoms with E-state index in [0.717, 1.165) is 5.56 Å². The molecule has 0 unspecified atom stereocenters. The van der Waals surface area contributed by atoms with Crippen molar-refractivity contribution in [3.05, 3.63) is 24.0 Å². The van der Waals surface area contributed by atoms with E-state index in [-0.39, 0.29) is 0 Å². The van der Waals surface area contributed by atoms with Gasteiger partial charge in [0.05, 0.1) is 0 Å². The van der Waals surface area contributed by atoms with Gasteiger partial charge in [-0.3, -0.25) is 0 Å². The van der Waals surface area contributed by atoms with E-state index in [1.54, 1.807) is 7.11 Å². The quantitative estimate of drug-likeness (QED) is 0.666. The molecule has 0 amide bonds. The number of ether oxygens (including phenoxy) is 1. The summed E-state index contributed by atoms with van der Waals surface area (Å²) >= 11 is 0. The van der Waals surface area contributed by atoms with Crippen molar-refractivity contribution >= 4 is 0 Å². The average molecular weight is 140 g/mol. The molecular formula is C7H12N2O. The maximum absolute atomic E-state index is 5.41. The summed E-state index contributed by atoms with van der Waals surface area (Å²) in [5.74, 6) is 0. The zero-order chi connectivity index (χ0) is 7.40. The van der Waals surface area contributed by atoms with Crippen LogP contribution in [0.4, 0.5) is 0 Å². The molecule has 0 saturated carbocycles. The fourth-order valence-corrected chi connectivity index (χ4v) is 0.841. The molecule has 10 heavy (non-hydrogen) atoms. The fourth-order valence-electron chi connectivity index (χ4n) is 0.841. The van der Waals surface area contributed by atoms with Gasteiger partial charge in [-0.25, -0.2) is 0 Å². The molecule has 0 aromatic carbocycles. The predicted molar refractivity (Wildman–Crippen MR) is 39.3 cm³/mol. The summed E-state index contributed by atoms with van der Waals surface area (Å²) in [6.45, 7) is 1.19. The van der Waals surface area contributed by atoms with Crippen LogP contribution in [-0.2, 0) is 18.0 Å². The molecule has 2 N–H and O–H groups in total. The lowest BCUT2D eigenvalue weighted by Crippen LogP contribution is -1.97. The van der Waals surface area contributed by atoms with Crippen LogP contribution in [-0.4, -0.2) is 11.7 Å².